The van der Waals surface area contributed by atoms with Crippen molar-refractivity contribution in [2.45, 2.75) is 13.1 Å². The van der Waals surface area contributed by atoms with Crippen LogP contribution in [0.3, 0.4) is 0 Å². The maximum atomic E-state index is 13.2. The normalized spacial score (nSPS) is 10.8. The molecule has 0 bridgehead atoms. The summed E-state index contributed by atoms with van der Waals surface area (Å²) in [5, 5.41) is 7.52. The lowest BCUT2D eigenvalue weighted by Crippen LogP contribution is -2.21. The number of hydrogen-bond donors (Lipinski definition) is 2. The van der Waals surface area contributed by atoms with Crippen molar-refractivity contribution in [2.24, 2.45) is 5.73 Å². The van der Waals surface area contributed by atoms with Crippen LogP contribution >= 0.6 is 0 Å². The van der Waals surface area contributed by atoms with Crippen LogP contribution in [0.5, 0.6) is 0 Å². The summed E-state index contributed by atoms with van der Waals surface area (Å²) in [4.78, 5) is 6.14. The number of rotatable bonds is 5. The van der Waals surface area contributed by atoms with Gasteiger partial charge in [-0.05, 0) is 36.4 Å². The number of benzene rings is 1. The Kier molecular flexibility index (Phi) is 4.42. The maximum absolute atomic E-state index is 13.2. The fourth-order valence-electron chi connectivity index (χ4n) is 2.09. The molecule has 0 saturated carbocycles. The molecule has 2 rings (SSSR count). The third-order valence-corrected chi connectivity index (χ3v) is 2.98. The number of amidine groups is 1. The number of halogens is 1. The molecule has 1 aromatic heterocycles. The van der Waals surface area contributed by atoms with Crippen molar-refractivity contribution in [3.63, 3.8) is 0 Å². The molecule has 0 unspecified atom stereocenters. The van der Waals surface area contributed by atoms with Gasteiger partial charge in [0.25, 0.3) is 0 Å². The fourth-order valence-corrected chi connectivity index (χ4v) is 2.09. The molecule has 1 heterocycles. The predicted molar refractivity (Wildman–Crippen MR) is 76.8 cm³/mol. The number of nitrogens with two attached hydrogens (primary N) is 1. The van der Waals surface area contributed by atoms with E-state index in [0.717, 1.165) is 17.7 Å². The Morgan fingerprint density at radius 3 is 2.80 bits per heavy atom. The van der Waals surface area contributed by atoms with Crippen LogP contribution in [-0.4, -0.2) is 22.8 Å². The molecular weight excluding hydrogens is 255 g/mol. The Morgan fingerprint density at radius 1 is 1.35 bits per heavy atom. The second-order valence-corrected chi connectivity index (χ2v) is 4.75. The highest BCUT2D eigenvalue weighted by atomic mass is 19.1. The second kappa shape index (κ2) is 6.25. The van der Waals surface area contributed by atoms with Crippen molar-refractivity contribution in [1.82, 2.24) is 9.88 Å². The highest BCUT2D eigenvalue weighted by Crippen LogP contribution is 2.14. The van der Waals surface area contributed by atoms with Crippen LogP contribution in [0.25, 0.3) is 0 Å². The molecule has 0 aliphatic rings. The van der Waals surface area contributed by atoms with Gasteiger partial charge in [-0.1, -0.05) is 12.1 Å². The van der Waals surface area contributed by atoms with E-state index in [4.69, 9.17) is 11.1 Å². The molecule has 2 aromatic rings. The highest BCUT2D eigenvalue weighted by Gasteiger charge is 2.09. The number of aromatic nitrogens is 1. The first-order valence-corrected chi connectivity index (χ1v) is 6.26. The quantitative estimate of drug-likeness (QED) is 0.647. The van der Waals surface area contributed by atoms with Crippen LogP contribution in [0.1, 0.15) is 16.7 Å². The van der Waals surface area contributed by atoms with E-state index in [2.05, 4.69) is 9.88 Å². The lowest BCUT2D eigenvalue weighted by Gasteiger charge is -2.18. The SMILES string of the molecule is CN(Cc1cccnc1)Cc1ccc(F)cc1C(=N)N. The summed E-state index contributed by atoms with van der Waals surface area (Å²) in [6.45, 7) is 1.31. The van der Waals surface area contributed by atoms with Crippen LogP contribution in [0.15, 0.2) is 42.7 Å². The number of pyridine rings is 1. The monoisotopic (exact) mass is 272 g/mol. The van der Waals surface area contributed by atoms with Gasteiger partial charge in [-0.25, -0.2) is 4.39 Å². The highest BCUT2D eigenvalue weighted by molar-refractivity contribution is 5.96. The lowest BCUT2D eigenvalue weighted by atomic mass is 10.1. The minimum atomic E-state index is -0.381. The molecule has 20 heavy (non-hydrogen) atoms. The van der Waals surface area contributed by atoms with Gasteiger partial charge in [-0.15, -0.1) is 0 Å². The van der Waals surface area contributed by atoms with Gasteiger partial charge in [0.1, 0.15) is 11.7 Å². The summed E-state index contributed by atoms with van der Waals surface area (Å²) >= 11 is 0. The van der Waals surface area contributed by atoms with Gasteiger partial charge in [0.15, 0.2) is 0 Å². The molecule has 1 aromatic carbocycles. The van der Waals surface area contributed by atoms with E-state index in [1.807, 2.05) is 25.4 Å². The van der Waals surface area contributed by atoms with Crippen LogP contribution in [0.2, 0.25) is 0 Å². The lowest BCUT2D eigenvalue weighted by molar-refractivity contribution is 0.318. The summed E-state index contributed by atoms with van der Waals surface area (Å²) < 4.78 is 13.2. The first-order valence-electron chi connectivity index (χ1n) is 6.26. The van der Waals surface area contributed by atoms with E-state index in [-0.39, 0.29) is 11.7 Å². The number of nitrogens with one attached hydrogen (secondary N) is 1. The maximum Gasteiger partial charge on any atom is 0.123 e. The van der Waals surface area contributed by atoms with E-state index in [9.17, 15) is 4.39 Å². The summed E-state index contributed by atoms with van der Waals surface area (Å²) in [7, 11) is 1.96. The molecule has 3 N–H and O–H groups in total. The molecule has 0 radical (unpaired) electrons. The van der Waals surface area contributed by atoms with Crippen molar-refractivity contribution in [2.75, 3.05) is 7.05 Å². The van der Waals surface area contributed by atoms with E-state index in [1.54, 1.807) is 12.3 Å². The molecule has 0 fully saturated rings. The third-order valence-electron chi connectivity index (χ3n) is 2.98. The number of nitrogen functional groups attached to an aromatic ring is 1. The largest absolute Gasteiger partial charge is 0.384 e. The molecule has 0 aliphatic heterocycles. The van der Waals surface area contributed by atoms with Crippen molar-refractivity contribution in [3.05, 3.63) is 65.2 Å². The molecular formula is C15H17FN4. The van der Waals surface area contributed by atoms with Crippen molar-refractivity contribution < 1.29 is 4.39 Å². The molecule has 5 heteroatoms. The second-order valence-electron chi connectivity index (χ2n) is 4.75. The third kappa shape index (κ3) is 3.61. The Balaban J connectivity index is 2.11. The van der Waals surface area contributed by atoms with Gasteiger partial charge < -0.3 is 5.73 Å². The van der Waals surface area contributed by atoms with Crippen LogP contribution in [-0.2, 0) is 13.1 Å². The number of nitrogens with zero attached hydrogens (tertiary/aromatic N) is 2. The molecule has 0 aliphatic carbocycles. The van der Waals surface area contributed by atoms with Gasteiger partial charge >= 0.3 is 0 Å². The molecule has 0 saturated heterocycles. The van der Waals surface area contributed by atoms with Crippen LogP contribution < -0.4 is 5.73 Å². The van der Waals surface area contributed by atoms with E-state index < -0.39 is 0 Å². The minimum Gasteiger partial charge on any atom is -0.384 e. The predicted octanol–water partition coefficient (Wildman–Crippen LogP) is 2.14. The molecule has 4 nitrogen and oxygen atoms in total. The minimum absolute atomic E-state index is 0.116. The smallest absolute Gasteiger partial charge is 0.123 e. The van der Waals surface area contributed by atoms with E-state index in [1.165, 1.54) is 12.1 Å². The average molecular weight is 272 g/mol. The van der Waals surface area contributed by atoms with Crippen LogP contribution in [0, 0.1) is 11.2 Å². The first kappa shape index (κ1) is 14.1. The standard InChI is InChI=1S/C15H17FN4/c1-20(9-11-3-2-6-19-8-11)10-12-4-5-13(16)7-14(12)15(17)18/h2-8H,9-10H2,1H3,(H3,17,18). The van der Waals surface area contributed by atoms with E-state index >= 15 is 0 Å². The Labute approximate surface area is 117 Å². The Morgan fingerprint density at radius 2 is 2.15 bits per heavy atom. The zero-order valence-electron chi connectivity index (χ0n) is 11.3. The van der Waals surface area contributed by atoms with Crippen molar-refractivity contribution >= 4 is 5.84 Å². The average Bonchev–Trinajstić information content (AvgIpc) is 2.41. The van der Waals surface area contributed by atoms with Gasteiger partial charge in [-0.3, -0.25) is 15.3 Å². The fraction of sp³-hybridized carbons (Fsp3) is 0.200. The van der Waals surface area contributed by atoms with Gasteiger partial charge in [0, 0.05) is 31.0 Å². The topological polar surface area (TPSA) is 66.0 Å². The summed E-state index contributed by atoms with van der Waals surface area (Å²) in [5.41, 5.74) is 7.88. The zero-order chi connectivity index (χ0) is 14.5. The molecule has 0 atom stereocenters. The molecule has 0 amide bonds. The van der Waals surface area contributed by atoms with Crippen LogP contribution in [0.4, 0.5) is 4.39 Å². The first-order chi connectivity index (χ1) is 9.56. The van der Waals surface area contributed by atoms with Crippen molar-refractivity contribution in [3.8, 4) is 0 Å². The molecule has 0 spiro atoms. The van der Waals surface area contributed by atoms with Crippen molar-refractivity contribution in [1.29, 1.82) is 5.41 Å². The summed E-state index contributed by atoms with van der Waals surface area (Å²) in [6.07, 6.45) is 3.55. The Hall–Kier alpha value is -2.27. The number of hydrogen-bond acceptors (Lipinski definition) is 3. The molecule has 104 valence electrons. The zero-order valence-corrected chi connectivity index (χ0v) is 11.3. The van der Waals surface area contributed by atoms with Gasteiger partial charge in [0.2, 0.25) is 0 Å². The van der Waals surface area contributed by atoms with E-state index in [0.29, 0.717) is 12.1 Å². The Bertz CT molecular complexity index is 598. The summed E-state index contributed by atoms with van der Waals surface area (Å²) in [5.74, 6) is -0.497. The van der Waals surface area contributed by atoms with Gasteiger partial charge in [-0.2, -0.15) is 0 Å². The summed E-state index contributed by atoms with van der Waals surface area (Å²) in [6, 6.07) is 8.25. The van der Waals surface area contributed by atoms with Gasteiger partial charge in [0.05, 0.1) is 0 Å².